The number of hydrogen-bond acceptors (Lipinski definition) is 3. The first-order valence-electron chi connectivity index (χ1n) is 4.92. The quantitative estimate of drug-likeness (QED) is 0.370. The number of nitrogens with zero attached hydrogens (tertiary/aromatic N) is 3. The Morgan fingerprint density at radius 1 is 1.47 bits per heavy atom. The molecule has 0 aliphatic heterocycles. The van der Waals surface area contributed by atoms with Crippen molar-refractivity contribution in [3.8, 4) is 5.69 Å². The van der Waals surface area contributed by atoms with Crippen LogP contribution < -0.4 is 5.73 Å². The van der Waals surface area contributed by atoms with Gasteiger partial charge < -0.3 is 10.9 Å². The SMILES string of the molecule is Cc1ccn(-c2ccc(C(N)=NO)c(Cl)c2)n1. The summed E-state index contributed by atoms with van der Waals surface area (Å²) in [4.78, 5) is 0. The van der Waals surface area contributed by atoms with Crippen LogP contribution in [0.5, 0.6) is 0 Å². The van der Waals surface area contributed by atoms with Crippen LogP contribution >= 0.6 is 11.6 Å². The van der Waals surface area contributed by atoms with E-state index in [9.17, 15) is 0 Å². The van der Waals surface area contributed by atoms with Crippen LogP contribution in [0.3, 0.4) is 0 Å². The predicted octanol–water partition coefficient (Wildman–Crippen LogP) is 1.93. The largest absolute Gasteiger partial charge is 0.409 e. The Morgan fingerprint density at radius 2 is 2.24 bits per heavy atom. The van der Waals surface area contributed by atoms with Gasteiger partial charge in [-0.3, -0.25) is 0 Å². The lowest BCUT2D eigenvalue weighted by Crippen LogP contribution is -2.13. The fourth-order valence-corrected chi connectivity index (χ4v) is 1.74. The lowest BCUT2D eigenvalue weighted by molar-refractivity contribution is 0.318. The van der Waals surface area contributed by atoms with Gasteiger partial charge in [-0.15, -0.1) is 0 Å². The second-order valence-electron chi connectivity index (χ2n) is 3.55. The Hall–Kier alpha value is -2.01. The second-order valence-corrected chi connectivity index (χ2v) is 3.96. The van der Waals surface area contributed by atoms with Gasteiger partial charge in [-0.25, -0.2) is 4.68 Å². The highest BCUT2D eigenvalue weighted by Gasteiger charge is 2.07. The molecule has 0 saturated carbocycles. The summed E-state index contributed by atoms with van der Waals surface area (Å²) in [7, 11) is 0. The molecule has 5 nitrogen and oxygen atoms in total. The summed E-state index contributed by atoms with van der Waals surface area (Å²) in [5, 5.41) is 16.2. The Bertz CT molecular complexity index is 577. The fraction of sp³-hybridized carbons (Fsp3) is 0.0909. The van der Waals surface area contributed by atoms with E-state index in [1.807, 2.05) is 19.2 Å². The van der Waals surface area contributed by atoms with Crippen LogP contribution in [0, 0.1) is 6.92 Å². The second kappa shape index (κ2) is 4.47. The molecule has 0 atom stereocenters. The number of aromatic nitrogens is 2. The van der Waals surface area contributed by atoms with Gasteiger partial charge in [0.2, 0.25) is 0 Å². The minimum Gasteiger partial charge on any atom is -0.409 e. The lowest BCUT2D eigenvalue weighted by Gasteiger charge is -2.06. The first-order valence-corrected chi connectivity index (χ1v) is 5.29. The average Bonchev–Trinajstić information content (AvgIpc) is 2.75. The standard InChI is InChI=1S/C11H11ClN4O/c1-7-4-5-16(14-7)8-2-3-9(10(12)6-8)11(13)15-17/h2-6,17H,1H3,(H2,13,15). The number of hydrogen-bond donors (Lipinski definition) is 2. The molecular weight excluding hydrogens is 240 g/mol. The van der Waals surface area contributed by atoms with Crippen molar-refractivity contribution in [2.75, 3.05) is 0 Å². The molecule has 0 aliphatic carbocycles. The summed E-state index contributed by atoms with van der Waals surface area (Å²) in [6.45, 7) is 1.91. The van der Waals surface area contributed by atoms with E-state index in [1.165, 1.54) is 0 Å². The van der Waals surface area contributed by atoms with E-state index in [-0.39, 0.29) is 5.84 Å². The highest BCUT2D eigenvalue weighted by Crippen LogP contribution is 2.20. The van der Waals surface area contributed by atoms with E-state index in [2.05, 4.69) is 10.3 Å². The summed E-state index contributed by atoms with van der Waals surface area (Å²) < 4.78 is 1.71. The third-order valence-corrected chi connectivity index (χ3v) is 2.64. The molecule has 6 heteroatoms. The summed E-state index contributed by atoms with van der Waals surface area (Å²) >= 11 is 6.05. The predicted molar refractivity (Wildman–Crippen MR) is 65.8 cm³/mol. The van der Waals surface area contributed by atoms with Gasteiger partial charge in [-0.1, -0.05) is 16.8 Å². The Morgan fingerprint density at radius 3 is 2.76 bits per heavy atom. The Kier molecular flexibility index (Phi) is 3.01. The molecule has 0 saturated heterocycles. The molecule has 0 spiro atoms. The Balaban J connectivity index is 2.44. The normalized spacial score (nSPS) is 11.8. The Labute approximate surface area is 103 Å². The molecule has 17 heavy (non-hydrogen) atoms. The van der Waals surface area contributed by atoms with E-state index < -0.39 is 0 Å². The molecular formula is C11H11ClN4O. The van der Waals surface area contributed by atoms with Gasteiger partial charge >= 0.3 is 0 Å². The van der Waals surface area contributed by atoms with Gasteiger partial charge in [-0.05, 0) is 31.2 Å². The van der Waals surface area contributed by atoms with Crippen LogP contribution in [-0.2, 0) is 0 Å². The molecule has 0 amide bonds. The van der Waals surface area contributed by atoms with Crippen molar-refractivity contribution < 1.29 is 5.21 Å². The number of halogens is 1. The van der Waals surface area contributed by atoms with Crippen LogP contribution in [0.1, 0.15) is 11.3 Å². The van der Waals surface area contributed by atoms with Crippen molar-refractivity contribution in [3.05, 3.63) is 46.7 Å². The molecule has 0 radical (unpaired) electrons. The van der Waals surface area contributed by atoms with E-state index in [0.717, 1.165) is 11.4 Å². The number of aryl methyl sites for hydroxylation is 1. The van der Waals surface area contributed by atoms with Crippen molar-refractivity contribution in [2.45, 2.75) is 6.92 Å². The van der Waals surface area contributed by atoms with Gasteiger partial charge in [0.1, 0.15) is 0 Å². The molecule has 1 aromatic heterocycles. The summed E-state index contributed by atoms with van der Waals surface area (Å²) in [6, 6.07) is 7.09. The number of benzene rings is 1. The van der Waals surface area contributed by atoms with Gasteiger partial charge in [0.15, 0.2) is 5.84 Å². The third kappa shape index (κ3) is 2.24. The maximum Gasteiger partial charge on any atom is 0.171 e. The van der Waals surface area contributed by atoms with Crippen molar-refractivity contribution >= 4 is 17.4 Å². The smallest absolute Gasteiger partial charge is 0.171 e. The zero-order valence-corrected chi connectivity index (χ0v) is 9.89. The van der Waals surface area contributed by atoms with Crippen molar-refractivity contribution in [1.82, 2.24) is 9.78 Å². The first kappa shape index (κ1) is 11.5. The molecule has 2 rings (SSSR count). The number of nitrogens with two attached hydrogens (primary N) is 1. The molecule has 1 heterocycles. The van der Waals surface area contributed by atoms with Gasteiger partial charge in [-0.2, -0.15) is 5.10 Å². The molecule has 0 fully saturated rings. The van der Waals surface area contributed by atoms with Crippen LogP contribution in [0.4, 0.5) is 0 Å². The van der Waals surface area contributed by atoms with Crippen molar-refractivity contribution in [1.29, 1.82) is 0 Å². The summed E-state index contributed by atoms with van der Waals surface area (Å²) in [5.74, 6) is -0.0156. The first-order chi connectivity index (χ1) is 8.11. The number of amidine groups is 1. The van der Waals surface area contributed by atoms with Crippen molar-refractivity contribution in [2.24, 2.45) is 10.9 Å². The maximum absolute atomic E-state index is 8.59. The number of oxime groups is 1. The molecule has 2 aromatic rings. The molecule has 1 aromatic carbocycles. The zero-order valence-electron chi connectivity index (χ0n) is 9.13. The van der Waals surface area contributed by atoms with E-state index in [4.69, 9.17) is 22.5 Å². The third-order valence-electron chi connectivity index (χ3n) is 2.32. The van der Waals surface area contributed by atoms with Crippen LogP contribution in [0.2, 0.25) is 5.02 Å². The minimum absolute atomic E-state index is 0.0156. The molecule has 0 unspecified atom stereocenters. The monoisotopic (exact) mass is 250 g/mol. The van der Waals surface area contributed by atoms with E-state index in [0.29, 0.717) is 10.6 Å². The van der Waals surface area contributed by atoms with Gasteiger partial charge in [0.05, 0.1) is 16.4 Å². The summed E-state index contributed by atoms with van der Waals surface area (Å²) in [5.41, 5.74) is 7.70. The average molecular weight is 251 g/mol. The molecule has 3 N–H and O–H groups in total. The fourth-order valence-electron chi connectivity index (χ4n) is 1.47. The van der Waals surface area contributed by atoms with E-state index >= 15 is 0 Å². The molecule has 0 bridgehead atoms. The highest BCUT2D eigenvalue weighted by atomic mass is 35.5. The van der Waals surface area contributed by atoms with Crippen molar-refractivity contribution in [3.63, 3.8) is 0 Å². The maximum atomic E-state index is 8.59. The minimum atomic E-state index is -0.0156. The highest BCUT2D eigenvalue weighted by molar-refractivity contribution is 6.34. The molecule has 88 valence electrons. The molecule has 0 aliphatic rings. The lowest BCUT2D eigenvalue weighted by atomic mass is 10.2. The summed E-state index contributed by atoms with van der Waals surface area (Å²) in [6.07, 6.45) is 1.84. The van der Waals surface area contributed by atoms with Gasteiger partial charge in [0.25, 0.3) is 0 Å². The topological polar surface area (TPSA) is 76.4 Å². The van der Waals surface area contributed by atoms with Gasteiger partial charge in [0, 0.05) is 11.8 Å². The van der Waals surface area contributed by atoms with Crippen LogP contribution in [0.25, 0.3) is 5.69 Å². The zero-order chi connectivity index (χ0) is 12.4. The van der Waals surface area contributed by atoms with E-state index in [1.54, 1.807) is 22.9 Å². The van der Waals surface area contributed by atoms with Crippen LogP contribution in [0.15, 0.2) is 35.6 Å². The number of rotatable bonds is 2. The van der Waals surface area contributed by atoms with Crippen LogP contribution in [-0.4, -0.2) is 20.8 Å².